The van der Waals surface area contributed by atoms with E-state index in [0.717, 1.165) is 12.6 Å². The maximum atomic E-state index is 5.28. The first kappa shape index (κ1) is 9.01. The number of rotatable bonds is 3. The Morgan fingerprint density at radius 3 is 2.36 bits per heavy atom. The zero-order chi connectivity index (χ0) is 8.10. The standard InChI is InChI=1S/C9H18NO/c1-3-9(11-2)10-7-5-4-6-8-10/h3-8H2,1-2H3. The maximum absolute atomic E-state index is 5.28. The Morgan fingerprint density at radius 2 is 1.91 bits per heavy atom. The molecule has 1 heterocycles. The molecule has 1 aliphatic heterocycles. The van der Waals surface area contributed by atoms with Crippen LogP contribution in [0.5, 0.6) is 0 Å². The van der Waals surface area contributed by atoms with E-state index in [1.807, 2.05) is 0 Å². The lowest BCUT2D eigenvalue weighted by Gasteiger charge is -2.31. The highest BCUT2D eigenvalue weighted by Crippen LogP contribution is 2.19. The maximum Gasteiger partial charge on any atom is 0.163 e. The van der Waals surface area contributed by atoms with Crippen LogP contribution in [-0.4, -0.2) is 25.1 Å². The van der Waals surface area contributed by atoms with Gasteiger partial charge in [-0.2, -0.15) is 0 Å². The summed E-state index contributed by atoms with van der Waals surface area (Å²) in [6.07, 6.45) is 6.22. The lowest BCUT2D eigenvalue weighted by molar-refractivity contribution is 0.0510. The molecule has 0 amide bonds. The van der Waals surface area contributed by atoms with E-state index in [0.29, 0.717) is 0 Å². The van der Waals surface area contributed by atoms with Gasteiger partial charge in [0.25, 0.3) is 0 Å². The summed E-state index contributed by atoms with van der Waals surface area (Å²) in [6, 6.07) is 0. The molecule has 0 saturated carbocycles. The van der Waals surface area contributed by atoms with Crippen LogP contribution in [-0.2, 0) is 4.74 Å². The lowest BCUT2D eigenvalue weighted by atomic mass is 10.1. The first-order valence-electron chi connectivity index (χ1n) is 4.53. The summed E-state index contributed by atoms with van der Waals surface area (Å²) >= 11 is 0. The first-order chi connectivity index (χ1) is 5.38. The van der Waals surface area contributed by atoms with Gasteiger partial charge in [-0.1, -0.05) is 13.3 Å². The minimum atomic E-state index is 1.02. The molecule has 0 spiro atoms. The minimum absolute atomic E-state index is 1.02. The Balaban J connectivity index is 2.30. The molecule has 0 unspecified atom stereocenters. The third kappa shape index (κ3) is 2.46. The zero-order valence-corrected chi connectivity index (χ0v) is 7.60. The number of piperidine rings is 1. The molecular formula is C9H18NO. The van der Waals surface area contributed by atoms with Crippen LogP contribution in [0, 0.1) is 6.23 Å². The predicted octanol–water partition coefficient (Wildman–Crippen LogP) is 2.02. The van der Waals surface area contributed by atoms with Crippen LogP contribution in [0.25, 0.3) is 0 Å². The summed E-state index contributed by atoms with van der Waals surface area (Å²) in [7, 11) is 1.77. The van der Waals surface area contributed by atoms with E-state index in [4.69, 9.17) is 4.74 Å². The van der Waals surface area contributed by atoms with Crippen molar-refractivity contribution >= 4 is 0 Å². The molecule has 0 atom stereocenters. The number of ether oxygens (including phenoxy) is 1. The Bertz CT molecular complexity index is 95.7. The molecule has 1 rings (SSSR count). The fourth-order valence-corrected chi connectivity index (χ4v) is 1.64. The van der Waals surface area contributed by atoms with Crippen LogP contribution in [0.1, 0.15) is 32.6 Å². The van der Waals surface area contributed by atoms with E-state index >= 15 is 0 Å². The summed E-state index contributed by atoms with van der Waals surface area (Å²) in [5.74, 6) is 0. The molecule has 1 aliphatic rings. The number of methoxy groups -OCH3 is 1. The highest BCUT2D eigenvalue weighted by molar-refractivity contribution is 4.79. The van der Waals surface area contributed by atoms with Crippen LogP contribution >= 0.6 is 0 Å². The smallest absolute Gasteiger partial charge is 0.163 e. The molecule has 2 nitrogen and oxygen atoms in total. The summed E-state index contributed by atoms with van der Waals surface area (Å²) in [5.41, 5.74) is 0. The minimum Gasteiger partial charge on any atom is -0.359 e. The monoisotopic (exact) mass is 156 g/mol. The van der Waals surface area contributed by atoms with Crippen LogP contribution in [0.4, 0.5) is 0 Å². The number of hydrogen-bond acceptors (Lipinski definition) is 2. The van der Waals surface area contributed by atoms with E-state index in [1.54, 1.807) is 7.11 Å². The van der Waals surface area contributed by atoms with Crippen molar-refractivity contribution in [3.8, 4) is 0 Å². The van der Waals surface area contributed by atoms with Crippen molar-refractivity contribution in [2.45, 2.75) is 32.6 Å². The van der Waals surface area contributed by atoms with Gasteiger partial charge < -0.3 is 4.74 Å². The van der Waals surface area contributed by atoms with Gasteiger partial charge in [-0.25, -0.2) is 0 Å². The second kappa shape index (κ2) is 4.73. The molecule has 1 fully saturated rings. The third-order valence-electron chi connectivity index (χ3n) is 2.25. The van der Waals surface area contributed by atoms with Gasteiger partial charge in [-0.15, -0.1) is 0 Å². The van der Waals surface area contributed by atoms with Crippen molar-refractivity contribution in [2.24, 2.45) is 0 Å². The Kier molecular flexibility index (Phi) is 3.87. The molecule has 65 valence electrons. The average Bonchev–Trinajstić information content (AvgIpc) is 2.09. The molecule has 2 heteroatoms. The highest BCUT2D eigenvalue weighted by Gasteiger charge is 2.19. The number of nitrogens with zero attached hydrogens (tertiary/aromatic N) is 1. The van der Waals surface area contributed by atoms with E-state index < -0.39 is 0 Å². The summed E-state index contributed by atoms with van der Waals surface area (Å²) in [5, 5.41) is 0. The van der Waals surface area contributed by atoms with Gasteiger partial charge >= 0.3 is 0 Å². The number of likely N-dealkylation sites (tertiary alicyclic amines) is 1. The molecule has 0 aromatic carbocycles. The van der Waals surface area contributed by atoms with Gasteiger partial charge in [-0.05, 0) is 19.3 Å². The topological polar surface area (TPSA) is 12.5 Å². The molecule has 0 aromatic rings. The normalized spacial score (nSPS) is 21.0. The van der Waals surface area contributed by atoms with Crippen molar-refractivity contribution in [3.63, 3.8) is 0 Å². The quantitative estimate of drug-likeness (QED) is 0.620. The fraction of sp³-hybridized carbons (Fsp3) is 0.889. The van der Waals surface area contributed by atoms with E-state index in [2.05, 4.69) is 11.8 Å². The molecular weight excluding hydrogens is 138 g/mol. The number of hydrogen-bond donors (Lipinski definition) is 0. The van der Waals surface area contributed by atoms with E-state index in [-0.39, 0.29) is 0 Å². The van der Waals surface area contributed by atoms with Crippen molar-refractivity contribution in [3.05, 3.63) is 6.23 Å². The van der Waals surface area contributed by atoms with Gasteiger partial charge in [0.05, 0.1) is 0 Å². The van der Waals surface area contributed by atoms with Crippen LogP contribution in [0.15, 0.2) is 0 Å². The fourth-order valence-electron chi connectivity index (χ4n) is 1.64. The second-order valence-corrected chi connectivity index (χ2v) is 3.00. The third-order valence-corrected chi connectivity index (χ3v) is 2.25. The average molecular weight is 156 g/mol. The van der Waals surface area contributed by atoms with Crippen LogP contribution in [0.3, 0.4) is 0 Å². The molecule has 0 N–H and O–H groups in total. The largest absolute Gasteiger partial charge is 0.359 e. The molecule has 1 saturated heterocycles. The van der Waals surface area contributed by atoms with Crippen molar-refractivity contribution in [2.75, 3.05) is 20.2 Å². The van der Waals surface area contributed by atoms with E-state index in [9.17, 15) is 0 Å². The summed E-state index contributed by atoms with van der Waals surface area (Å²) in [4.78, 5) is 2.36. The Morgan fingerprint density at radius 1 is 1.27 bits per heavy atom. The SMILES string of the molecule is CC[C](OC)N1CCCCC1. The summed E-state index contributed by atoms with van der Waals surface area (Å²) in [6.45, 7) is 4.53. The summed E-state index contributed by atoms with van der Waals surface area (Å²) < 4.78 is 5.28. The van der Waals surface area contributed by atoms with Gasteiger partial charge in [0, 0.05) is 20.2 Å². The van der Waals surface area contributed by atoms with Crippen LogP contribution in [0.2, 0.25) is 0 Å². The Hall–Kier alpha value is -0.0800. The van der Waals surface area contributed by atoms with Crippen LogP contribution < -0.4 is 0 Å². The van der Waals surface area contributed by atoms with Crippen molar-refractivity contribution in [1.29, 1.82) is 0 Å². The van der Waals surface area contributed by atoms with Crippen molar-refractivity contribution < 1.29 is 4.74 Å². The van der Waals surface area contributed by atoms with Gasteiger partial charge in [0.1, 0.15) is 0 Å². The molecule has 0 bridgehead atoms. The Labute approximate surface area is 69.5 Å². The molecule has 1 radical (unpaired) electrons. The lowest BCUT2D eigenvalue weighted by Crippen LogP contribution is -2.34. The van der Waals surface area contributed by atoms with Gasteiger partial charge in [-0.3, -0.25) is 4.90 Å². The molecule has 0 aliphatic carbocycles. The molecule has 11 heavy (non-hydrogen) atoms. The first-order valence-corrected chi connectivity index (χ1v) is 4.53. The van der Waals surface area contributed by atoms with Crippen molar-refractivity contribution in [1.82, 2.24) is 4.90 Å². The van der Waals surface area contributed by atoms with Gasteiger partial charge in [0.15, 0.2) is 6.23 Å². The van der Waals surface area contributed by atoms with Gasteiger partial charge in [0.2, 0.25) is 0 Å². The van der Waals surface area contributed by atoms with E-state index in [1.165, 1.54) is 32.4 Å². The second-order valence-electron chi connectivity index (χ2n) is 3.00. The highest BCUT2D eigenvalue weighted by atomic mass is 16.5. The molecule has 0 aromatic heterocycles. The predicted molar refractivity (Wildman–Crippen MR) is 46.0 cm³/mol. The zero-order valence-electron chi connectivity index (χ0n) is 7.60.